The smallest absolute Gasteiger partial charge is 0.0814 e. The van der Waals surface area contributed by atoms with Gasteiger partial charge in [-0.05, 0) is 24.3 Å². The molecule has 0 saturated carbocycles. The first-order valence-corrected chi connectivity index (χ1v) is 4.09. The van der Waals surface area contributed by atoms with Crippen molar-refractivity contribution in [2.75, 3.05) is 0 Å². The van der Waals surface area contributed by atoms with Gasteiger partial charge >= 0.3 is 0 Å². The number of nitrogens with zero attached hydrogens (tertiary/aromatic N) is 1. The van der Waals surface area contributed by atoms with E-state index in [1.807, 2.05) is 54.9 Å². The van der Waals surface area contributed by atoms with Gasteiger partial charge in [0.15, 0.2) is 0 Å². The van der Waals surface area contributed by atoms with Crippen molar-refractivity contribution in [2.45, 2.75) is 0 Å². The second kappa shape index (κ2) is 12.2. The van der Waals surface area contributed by atoms with Crippen molar-refractivity contribution in [1.82, 2.24) is 10.3 Å². The number of halogens is 1. The topological polar surface area (TPSA) is 24.9 Å². The van der Waals surface area contributed by atoms with Gasteiger partial charge in [0.2, 0.25) is 0 Å². The lowest BCUT2D eigenvalue weighted by molar-refractivity contribution is 1.11. The third-order valence-electron chi connectivity index (χ3n) is 1.28. The van der Waals surface area contributed by atoms with E-state index in [4.69, 9.17) is 0 Å². The first kappa shape index (κ1) is 15.6. The summed E-state index contributed by atoms with van der Waals surface area (Å²) >= 11 is 0. The van der Waals surface area contributed by atoms with Crippen LogP contribution in [-0.4, -0.2) is 13.4 Å². The average Bonchev–Trinajstić information content (AvgIpc) is 2.53. The van der Waals surface area contributed by atoms with Gasteiger partial charge < -0.3 is 5.32 Å². The van der Waals surface area contributed by atoms with Gasteiger partial charge in [-0.25, -0.2) is 0 Å². The van der Waals surface area contributed by atoms with Crippen LogP contribution in [0.15, 0.2) is 67.3 Å². The molecule has 4 heteroatoms. The average molecular weight is 206 g/mol. The summed E-state index contributed by atoms with van der Waals surface area (Å²) in [6, 6.07) is 5.72. The minimum atomic E-state index is 0. The molecule has 2 rings (SSSR count). The van der Waals surface area contributed by atoms with Crippen molar-refractivity contribution < 1.29 is 4.70 Å². The Labute approximate surface area is 91.4 Å². The van der Waals surface area contributed by atoms with Crippen LogP contribution in [0.3, 0.4) is 0 Å². The van der Waals surface area contributed by atoms with Crippen molar-refractivity contribution >= 4 is 8.41 Å². The second-order valence-electron chi connectivity index (χ2n) is 2.29. The van der Waals surface area contributed by atoms with Gasteiger partial charge in [-0.3, -0.25) is 9.69 Å². The van der Waals surface area contributed by atoms with E-state index in [2.05, 4.69) is 10.3 Å². The Morgan fingerprint density at radius 3 is 1.60 bits per heavy atom. The van der Waals surface area contributed by atoms with E-state index in [1.165, 1.54) is 0 Å². The normalized spacial score (nSPS) is 10.7. The molecule has 80 valence electrons. The van der Waals surface area contributed by atoms with Crippen LogP contribution in [-0.2, 0) is 0 Å². The molecule has 2 nitrogen and oxygen atoms in total. The Balaban J connectivity index is 0. The number of allylic oxidation sites excluding steroid dienone is 4. The zero-order chi connectivity index (χ0) is 9.19. The molecule has 0 spiro atoms. The Morgan fingerprint density at radius 1 is 0.733 bits per heavy atom. The molecule has 1 aromatic rings. The fraction of sp³-hybridized carbons (Fsp3) is 0. The standard InChI is InChI=1S/C6H7N.C5H5N.BH3.FH/c1-2-4-6-7-5-3-1;1-2-4-6-5-3-1;;/h1-7H;1-5H;1H3;1H. The van der Waals surface area contributed by atoms with Crippen LogP contribution < -0.4 is 5.32 Å². The summed E-state index contributed by atoms with van der Waals surface area (Å²) in [4.78, 5) is 3.78. The summed E-state index contributed by atoms with van der Waals surface area (Å²) in [6.45, 7) is 0. The van der Waals surface area contributed by atoms with E-state index < -0.39 is 0 Å². The number of aromatic nitrogens is 1. The summed E-state index contributed by atoms with van der Waals surface area (Å²) in [5.41, 5.74) is 0. The molecule has 0 unspecified atom stereocenters. The van der Waals surface area contributed by atoms with E-state index in [9.17, 15) is 0 Å². The van der Waals surface area contributed by atoms with E-state index in [-0.39, 0.29) is 13.1 Å². The third-order valence-corrected chi connectivity index (χ3v) is 1.28. The van der Waals surface area contributed by atoms with E-state index in [0.29, 0.717) is 0 Å². The highest BCUT2D eigenvalue weighted by atomic mass is 19.0. The Bertz CT molecular complexity index is 256. The molecule has 1 aliphatic heterocycles. The van der Waals surface area contributed by atoms with E-state index in [1.54, 1.807) is 12.4 Å². The predicted molar refractivity (Wildman–Crippen MR) is 67.2 cm³/mol. The highest BCUT2D eigenvalue weighted by Crippen LogP contribution is 1.81. The van der Waals surface area contributed by atoms with Crippen molar-refractivity contribution in [2.24, 2.45) is 0 Å². The summed E-state index contributed by atoms with van der Waals surface area (Å²) in [6.07, 6.45) is 15.1. The van der Waals surface area contributed by atoms with Gasteiger partial charge in [-0.1, -0.05) is 18.2 Å². The number of nitrogens with one attached hydrogen (secondary N) is 1. The number of rotatable bonds is 0. The van der Waals surface area contributed by atoms with Crippen LogP contribution in [0.1, 0.15) is 0 Å². The summed E-state index contributed by atoms with van der Waals surface area (Å²) in [5.74, 6) is 0. The van der Waals surface area contributed by atoms with Crippen molar-refractivity contribution in [3.8, 4) is 0 Å². The maximum Gasteiger partial charge on any atom is 0.0814 e. The molecule has 1 N–H and O–H groups in total. The van der Waals surface area contributed by atoms with Crippen LogP contribution >= 0.6 is 0 Å². The zero-order valence-corrected chi connectivity index (χ0v) is 7.71. The second-order valence-corrected chi connectivity index (χ2v) is 2.29. The molecular weight excluding hydrogens is 190 g/mol. The molecule has 0 bridgehead atoms. The first-order chi connectivity index (χ1) is 6.50. The SMILES string of the molecule is B.C1=CC=CNC=C1.F.c1ccncc1. The molecule has 0 saturated heterocycles. The number of pyridine rings is 1. The van der Waals surface area contributed by atoms with Crippen LogP contribution in [0.2, 0.25) is 0 Å². The Kier molecular flexibility index (Phi) is 12.7. The Morgan fingerprint density at radius 2 is 1.27 bits per heavy atom. The van der Waals surface area contributed by atoms with Gasteiger partial charge in [0.1, 0.15) is 0 Å². The van der Waals surface area contributed by atoms with Crippen molar-refractivity contribution in [3.63, 3.8) is 0 Å². The van der Waals surface area contributed by atoms with E-state index >= 15 is 0 Å². The quantitative estimate of drug-likeness (QED) is 0.645. The lowest BCUT2D eigenvalue weighted by atomic mass is 10.5. The van der Waals surface area contributed by atoms with Gasteiger partial charge in [0, 0.05) is 24.8 Å². The molecule has 0 amide bonds. The number of hydrogen-bond donors (Lipinski definition) is 1. The van der Waals surface area contributed by atoms with Gasteiger partial charge in [0.05, 0.1) is 8.41 Å². The Hall–Kier alpha value is -1.84. The summed E-state index contributed by atoms with van der Waals surface area (Å²) in [7, 11) is 0. The van der Waals surface area contributed by atoms with Crippen molar-refractivity contribution in [1.29, 1.82) is 0 Å². The van der Waals surface area contributed by atoms with Crippen LogP contribution in [0.5, 0.6) is 0 Å². The highest BCUT2D eigenvalue weighted by molar-refractivity contribution is 5.75. The maximum absolute atomic E-state index is 3.78. The maximum atomic E-state index is 3.78. The van der Waals surface area contributed by atoms with Gasteiger partial charge in [-0.15, -0.1) is 0 Å². The van der Waals surface area contributed by atoms with Gasteiger partial charge in [0.25, 0.3) is 0 Å². The van der Waals surface area contributed by atoms with Crippen LogP contribution in [0.25, 0.3) is 0 Å². The number of hydrogen-bond acceptors (Lipinski definition) is 2. The lowest BCUT2D eigenvalue weighted by Crippen LogP contribution is -1.87. The molecule has 0 radical (unpaired) electrons. The molecule has 0 fully saturated rings. The summed E-state index contributed by atoms with van der Waals surface area (Å²) in [5, 5.41) is 2.92. The fourth-order valence-corrected chi connectivity index (χ4v) is 0.719. The van der Waals surface area contributed by atoms with Crippen molar-refractivity contribution in [3.05, 3.63) is 67.3 Å². The lowest BCUT2D eigenvalue weighted by Gasteiger charge is -1.79. The molecule has 1 aliphatic rings. The van der Waals surface area contributed by atoms with E-state index in [0.717, 1.165) is 0 Å². The van der Waals surface area contributed by atoms with Gasteiger partial charge in [-0.2, -0.15) is 0 Å². The molecule has 0 aliphatic carbocycles. The molecule has 0 aromatic carbocycles. The largest absolute Gasteiger partial charge is 0.368 e. The molecule has 2 heterocycles. The van der Waals surface area contributed by atoms with Crippen LogP contribution in [0.4, 0.5) is 4.70 Å². The monoisotopic (exact) mass is 206 g/mol. The molecule has 15 heavy (non-hydrogen) atoms. The van der Waals surface area contributed by atoms with Crippen LogP contribution in [0, 0.1) is 0 Å². The zero-order valence-electron chi connectivity index (χ0n) is 7.71. The minimum Gasteiger partial charge on any atom is -0.368 e. The predicted octanol–water partition coefficient (Wildman–Crippen LogP) is 1.22. The molecular formula is C11H16BFN2. The molecule has 0 atom stereocenters. The fourth-order valence-electron chi connectivity index (χ4n) is 0.719. The molecule has 1 aromatic heterocycles. The minimum absolute atomic E-state index is 0. The first-order valence-electron chi connectivity index (χ1n) is 4.09. The summed E-state index contributed by atoms with van der Waals surface area (Å²) < 4.78 is 0. The highest BCUT2D eigenvalue weighted by Gasteiger charge is 1.67. The third kappa shape index (κ3) is 10.1.